The molecule has 0 radical (unpaired) electrons. The van der Waals surface area contributed by atoms with Gasteiger partial charge in [-0.25, -0.2) is 13.1 Å². The van der Waals surface area contributed by atoms with Crippen LogP contribution in [0.2, 0.25) is 0 Å². The zero-order valence-corrected chi connectivity index (χ0v) is 14.3. The minimum atomic E-state index is -3.60. The van der Waals surface area contributed by atoms with Crippen LogP contribution in [0.25, 0.3) is 0 Å². The number of hydrogen-bond donors (Lipinski definition) is 2. The smallest absolute Gasteiger partial charge is 0.241 e. The average molecular weight is 365 g/mol. The molecule has 0 unspecified atom stereocenters. The van der Waals surface area contributed by atoms with Crippen LogP contribution in [-0.4, -0.2) is 27.6 Å². The molecule has 0 saturated carbocycles. The molecule has 0 aliphatic rings. The molecule has 0 atom stereocenters. The molecular weight excluding hydrogens is 344 g/mol. The molecule has 0 spiro atoms. The number of rotatable bonds is 7. The normalized spacial score (nSPS) is 12.4. The van der Waals surface area contributed by atoms with Crippen LogP contribution in [0.3, 0.4) is 0 Å². The van der Waals surface area contributed by atoms with Crippen molar-refractivity contribution in [3.8, 4) is 5.75 Å². The predicted molar refractivity (Wildman–Crippen MR) is 83.4 cm³/mol. The molecule has 0 aliphatic heterocycles. The lowest BCUT2D eigenvalue weighted by Gasteiger charge is -2.26. The molecule has 0 heterocycles. The van der Waals surface area contributed by atoms with E-state index >= 15 is 0 Å². The Kier molecular flexibility index (Phi) is 6.00. The number of halogens is 1. The Balaban J connectivity index is 2.95. The van der Waals surface area contributed by atoms with Crippen LogP contribution in [0, 0.1) is 0 Å². The number of sulfonamides is 1. The molecule has 0 bridgehead atoms. The van der Waals surface area contributed by atoms with E-state index in [1.807, 2.05) is 13.8 Å². The van der Waals surface area contributed by atoms with E-state index in [9.17, 15) is 8.42 Å². The van der Waals surface area contributed by atoms with Crippen LogP contribution in [0.4, 0.5) is 0 Å². The minimum Gasteiger partial charge on any atom is -0.497 e. The van der Waals surface area contributed by atoms with E-state index in [1.165, 1.54) is 13.2 Å². The Morgan fingerprint density at radius 2 is 1.95 bits per heavy atom. The molecule has 3 N–H and O–H groups in total. The number of ether oxygens (including phenoxy) is 1. The topological polar surface area (TPSA) is 81.4 Å². The maximum atomic E-state index is 12.3. The van der Waals surface area contributed by atoms with Gasteiger partial charge in [-0.15, -0.1) is 0 Å². The minimum absolute atomic E-state index is 0.174. The summed E-state index contributed by atoms with van der Waals surface area (Å²) >= 11 is 3.25. The lowest BCUT2D eigenvalue weighted by molar-refractivity contribution is 0.391. The second kappa shape index (κ2) is 6.89. The van der Waals surface area contributed by atoms with Gasteiger partial charge >= 0.3 is 0 Å². The molecule has 20 heavy (non-hydrogen) atoms. The van der Waals surface area contributed by atoms with E-state index in [0.29, 0.717) is 23.1 Å². The Labute approximate surface area is 129 Å². The van der Waals surface area contributed by atoms with Crippen LogP contribution in [0.5, 0.6) is 5.75 Å². The second-order valence-electron chi connectivity index (χ2n) is 4.69. The Bertz CT molecular complexity index is 557. The van der Waals surface area contributed by atoms with Gasteiger partial charge < -0.3 is 10.5 Å². The Morgan fingerprint density at radius 3 is 2.40 bits per heavy atom. The molecule has 1 aromatic carbocycles. The molecule has 5 nitrogen and oxygen atoms in total. The Morgan fingerprint density at radius 1 is 1.35 bits per heavy atom. The summed E-state index contributed by atoms with van der Waals surface area (Å²) in [4.78, 5) is 0.174. The molecule has 7 heteroatoms. The summed E-state index contributed by atoms with van der Waals surface area (Å²) in [6.45, 7) is 4.10. The van der Waals surface area contributed by atoms with Crippen molar-refractivity contribution in [3.05, 3.63) is 22.7 Å². The SMILES string of the molecule is CCC(N)(CC)CNS(=O)(=O)c1ccc(OC)cc1Br. The number of nitrogens with two attached hydrogens (primary N) is 1. The molecular formula is C13H21BrN2O3S. The van der Waals surface area contributed by atoms with Crippen LogP contribution in [0.15, 0.2) is 27.6 Å². The van der Waals surface area contributed by atoms with Gasteiger partial charge in [0.25, 0.3) is 0 Å². The highest BCUT2D eigenvalue weighted by atomic mass is 79.9. The predicted octanol–water partition coefficient (Wildman–Crippen LogP) is 2.25. The molecule has 1 rings (SSSR count). The van der Waals surface area contributed by atoms with Crippen molar-refractivity contribution in [2.75, 3.05) is 13.7 Å². The lowest BCUT2D eigenvalue weighted by atomic mass is 9.95. The van der Waals surface area contributed by atoms with Crippen molar-refractivity contribution in [1.82, 2.24) is 4.72 Å². The van der Waals surface area contributed by atoms with Crippen LogP contribution >= 0.6 is 15.9 Å². The summed E-state index contributed by atoms with van der Waals surface area (Å²) in [6.07, 6.45) is 1.41. The quantitative estimate of drug-likeness (QED) is 0.777. The van der Waals surface area contributed by atoms with E-state index in [4.69, 9.17) is 10.5 Å². The van der Waals surface area contributed by atoms with E-state index in [0.717, 1.165) is 0 Å². The van der Waals surface area contributed by atoms with Gasteiger partial charge in [-0.3, -0.25) is 0 Å². The fraction of sp³-hybridized carbons (Fsp3) is 0.538. The van der Waals surface area contributed by atoms with Crippen molar-refractivity contribution >= 4 is 26.0 Å². The van der Waals surface area contributed by atoms with Gasteiger partial charge in [0.15, 0.2) is 0 Å². The van der Waals surface area contributed by atoms with Gasteiger partial charge in [0.05, 0.1) is 12.0 Å². The van der Waals surface area contributed by atoms with Crippen molar-refractivity contribution in [3.63, 3.8) is 0 Å². The fourth-order valence-electron chi connectivity index (χ4n) is 1.64. The van der Waals surface area contributed by atoms with Crippen molar-refractivity contribution in [1.29, 1.82) is 0 Å². The number of nitrogens with one attached hydrogen (secondary N) is 1. The highest BCUT2D eigenvalue weighted by Crippen LogP contribution is 2.26. The molecule has 0 aliphatic carbocycles. The standard InChI is InChI=1S/C13H21BrN2O3S/c1-4-13(15,5-2)9-16-20(17,18)12-7-6-10(19-3)8-11(12)14/h6-8,16H,4-5,9,15H2,1-3H3. The monoisotopic (exact) mass is 364 g/mol. The van der Waals surface area contributed by atoms with Crippen molar-refractivity contribution in [2.24, 2.45) is 5.73 Å². The number of benzene rings is 1. The first-order valence-electron chi connectivity index (χ1n) is 6.40. The molecule has 0 aromatic heterocycles. The molecule has 1 aromatic rings. The van der Waals surface area contributed by atoms with E-state index in [2.05, 4.69) is 20.7 Å². The van der Waals surface area contributed by atoms with E-state index in [1.54, 1.807) is 12.1 Å². The summed E-state index contributed by atoms with van der Waals surface area (Å²) in [5.74, 6) is 0.589. The summed E-state index contributed by atoms with van der Waals surface area (Å²) < 4.78 is 32.7. The number of hydrogen-bond acceptors (Lipinski definition) is 4. The van der Waals surface area contributed by atoms with Crippen molar-refractivity contribution in [2.45, 2.75) is 37.1 Å². The zero-order valence-electron chi connectivity index (χ0n) is 11.9. The molecule has 0 amide bonds. The summed E-state index contributed by atoms with van der Waals surface area (Å²) in [7, 11) is -2.07. The maximum absolute atomic E-state index is 12.3. The highest BCUT2D eigenvalue weighted by molar-refractivity contribution is 9.10. The van der Waals surface area contributed by atoms with E-state index < -0.39 is 15.6 Å². The molecule has 0 saturated heterocycles. The van der Waals surface area contributed by atoms with Gasteiger partial charge in [-0.05, 0) is 47.0 Å². The third-order valence-corrected chi connectivity index (χ3v) is 5.83. The van der Waals surface area contributed by atoms with E-state index in [-0.39, 0.29) is 11.4 Å². The molecule has 0 fully saturated rings. The Hall–Kier alpha value is -0.630. The van der Waals surface area contributed by atoms with Gasteiger partial charge in [0, 0.05) is 16.6 Å². The fourth-order valence-corrected chi connectivity index (χ4v) is 3.84. The summed E-state index contributed by atoms with van der Waals surface area (Å²) in [5.41, 5.74) is 5.59. The van der Waals surface area contributed by atoms with Crippen LogP contribution < -0.4 is 15.2 Å². The first kappa shape index (κ1) is 17.4. The van der Waals surface area contributed by atoms with Crippen molar-refractivity contribution < 1.29 is 13.2 Å². The maximum Gasteiger partial charge on any atom is 0.241 e. The third kappa shape index (κ3) is 4.18. The first-order chi connectivity index (χ1) is 9.28. The summed E-state index contributed by atoms with van der Waals surface area (Å²) in [5, 5.41) is 0. The average Bonchev–Trinajstić information content (AvgIpc) is 2.44. The molecule has 114 valence electrons. The van der Waals surface area contributed by atoms with Gasteiger partial charge in [0.2, 0.25) is 10.0 Å². The van der Waals surface area contributed by atoms with Gasteiger partial charge in [-0.2, -0.15) is 0 Å². The third-order valence-electron chi connectivity index (χ3n) is 3.45. The first-order valence-corrected chi connectivity index (χ1v) is 8.67. The highest BCUT2D eigenvalue weighted by Gasteiger charge is 2.25. The van der Waals surface area contributed by atoms with Crippen LogP contribution in [-0.2, 0) is 10.0 Å². The lowest BCUT2D eigenvalue weighted by Crippen LogP contribution is -2.49. The van der Waals surface area contributed by atoms with Crippen LogP contribution in [0.1, 0.15) is 26.7 Å². The zero-order chi connectivity index (χ0) is 15.4. The number of methoxy groups -OCH3 is 1. The second-order valence-corrected chi connectivity index (χ2v) is 7.28. The summed E-state index contributed by atoms with van der Waals surface area (Å²) in [6, 6.07) is 4.72. The van der Waals surface area contributed by atoms with Gasteiger partial charge in [-0.1, -0.05) is 13.8 Å². The largest absolute Gasteiger partial charge is 0.497 e. The van der Waals surface area contributed by atoms with Gasteiger partial charge in [0.1, 0.15) is 5.75 Å².